The number of unbranched alkanes of at least 4 members (excludes halogenated alkanes) is 1. The summed E-state index contributed by atoms with van der Waals surface area (Å²) in [6.45, 7) is 2.08. The lowest BCUT2D eigenvalue weighted by atomic mass is 10.1. The second-order valence-corrected chi connectivity index (χ2v) is 5.13. The molecule has 94 valence electrons. The highest BCUT2D eigenvalue weighted by molar-refractivity contribution is 9.10. The molecule has 1 aromatic rings. The van der Waals surface area contributed by atoms with E-state index in [1.807, 2.05) is 12.1 Å². The lowest BCUT2D eigenvalue weighted by Gasteiger charge is -2.16. The van der Waals surface area contributed by atoms with E-state index in [1.54, 1.807) is 6.07 Å². The molecule has 0 aliphatic rings. The standard InChI is InChI=1S/C12H16BrClN2O/c1-2-3-4-11(12(15)17)16-8-5-6-10(14)9(13)7-8/h5-7,11,16H,2-4H2,1H3,(H2,15,17). The molecule has 1 unspecified atom stereocenters. The van der Waals surface area contributed by atoms with Gasteiger partial charge < -0.3 is 11.1 Å². The van der Waals surface area contributed by atoms with Gasteiger partial charge in [0.2, 0.25) is 5.91 Å². The molecule has 0 spiro atoms. The SMILES string of the molecule is CCCCC(Nc1ccc(Cl)c(Br)c1)C(N)=O. The van der Waals surface area contributed by atoms with E-state index in [0.29, 0.717) is 5.02 Å². The summed E-state index contributed by atoms with van der Waals surface area (Å²) >= 11 is 9.23. The Morgan fingerprint density at radius 2 is 2.29 bits per heavy atom. The van der Waals surface area contributed by atoms with Crippen LogP contribution < -0.4 is 11.1 Å². The van der Waals surface area contributed by atoms with Crippen LogP contribution in [0.2, 0.25) is 5.02 Å². The van der Waals surface area contributed by atoms with Crippen LogP contribution in [0.3, 0.4) is 0 Å². The van der Waals surface area contributed by atoms with Crippen LogP contribution in [0.5, 0.6) is 0 Å². The first-order valence-electron chi connectivity index (χ1n) is 5.55. The highest BCUT2D eigenvalue weighted by atomic mass is 79.9. The van der Waals surface area contributed by atoms with Crippen LogP contribution in [-0.2, 0) is 4.79 Å². The topological polar surface area (TPSA) is 55.1 Å². The minimum absolute atomic E-state index is 0.329. The van der Waals surface area contributed by atoms with Crippen LogP contribution in [0.25, 0.3) is 0 Å². The van der Waals surface area contributed by atoms with Crippen LogP contribution in [0, 0.1) is 0 Å². The zero-order valence-corrected chi connectivity index (χ0v) is 12.0. The molecule has 3 N–H and O–H groups in total. The summed E-state index contributed by atoms with van der Waals surface area (Å²) in [4.78, 5) is 11.3. The van der Waals surface area contributed by atoms with Gasteiger partial charge in [-0.2, -0.15) is 0 Å². The Hall–Kier alpha value is -0.740. The van der Waals surface area contributed by atoms with E-state index in [9.17, 15) is 4.79 Å². The van der Waals surface area contributed by atoms with Crippen molar-refractivity contribution in [3.8, 4) is 0 Å². The Bertz CT molecular complexity index is 398. The van der Waals surface area contributed by atoms with Gasteiger partial charge in [-0.15, -0.1) is 0 Å². The number of carbonyl (C=O) groups is 1. The minimum Gasteiger partial charge on any atom is -0.374 e. The number of hydrogen-bond donors (Lipinski definition) is 2. The van der Waals surface area contributed by atoms with Crippen molar-refractivity contribution >= 4 is 39.1 Å². The van der Waals surface area contributed by atoms with Gasteiger partial charge in [-0.05, 0) is 40.5 Å². The number of halogens is 2. The lowest BCUT2D eigenvalue weighted by molar-refractivity contribution is -0.118. The van der Waals surface area contributed by atoms with Gasteiger partial charge in [0, 0.05) is 10.2 Å². The van der Waals surface area contributed by atoms with Crippen molar-refractivity contribution < 1.29 is 4.79 Å². The number of rotatable bonds is 6. The molecule has 1 rings (SSSR count). The van der Waals surface area contributed by atoms with Gasteiger partial charge in [0.1, 0.15) is 6.04 Å². The van der Waals surface area contributed by atoms with Crippen LogP contribution in [0.4, 0.5) is 5.69 Å². The fourth-order valence-electron chi connectivity index (χ4n) is 1.48. The van der Waals surface area contributed by atoms with Crippen LogP contribution in [0.1, 0.15) is 26.2 Å². The van der Waals surface area contributed by atoms with Gasteiger partial charge in [0.25, 0.3) is 0 Å². The predicted octanol–water partition coefficient (Wildman–Crippen LogP) is 3.56. The molecular weight excluding hydrogens is 304 g/mol. The molecule has 1 aromatic carbocycles. The Kier molecular flexibility index (Phi) is 5.78. The summed E-state index contributed by atoms with van der Waals surface area (Å²) in [5.41, 5.74) is 6.19. The molecule has 5 heteroatoms. The largest absolute Gasteiger partial charge is 0.374 e. The second kappa shape index (κ2) is 6.87. The molecule has 17 heavy (non-hydrogen) atoms. The lowest BCUT2D eigenvalue weighted by Crippen LogP contribution is -2.35. The van der Waals surface area contributed by atoms with Gasteiger partial charge >= 0.3 is 0 Å². The summed E-state index contributed by atoms with van der Waals surface area (Å²) in [5, 5.41) is 3.76. The van der Waals surface area contributed by atoms with Crippen molar-refractivity contribution in [3.05, 3.63) is 27.7 Å². The number of nitrogens with two attached hydrogens (primary N) is 1. The maximum atomic E-state index is 11.3. The van der Waals surface area contributed by atoms with Gasteiger partial charge in [-0.25, -0.2) is 0 Å². The molecule has 0 heterocycles. The minimum atomic E-state index is -0.331. The number of benzene rings is 1. The first-order valence-corrected chi connectivity index (χ1v) is 6.72. The van der Waals surface area contributed by atoms with Crippen molar-refractivity contribution in [2.24, 2.45) is 5.73 Å². The Morgan fingerprint density at radius 1 is 1.59 bits per heavy atom. The third-order valence-electron chi connectivity index (χ3n) is 2.45. The molecule has 3 nitrogen and oxygen atoms in total. The number of primary amides is 1. The fourth-order valence-corrected chi connectivity index (χ4v) is 1.98. The maximum Gasteiger partial charge on any atom is 0.239 e. The average molecular weight is 320 g/mol. The van der Waals surface area contributed by atoms with Gasteiger partial charge in [-0.3, -0.25) is 4.79 Å². The van der Waals surface area contributed by atoms with E-state index >= 15 is 0 Å². The highest BCUT2D eigenvalue weighted by Gasteiger charge is 2.14. The molecule has 0 aliphatic heterocycles. The molecule has 0 aliphatic carbocycles. The molecule has 1 amide bonds. The summed E-state index contributed by atoms with van der Waals surface area (Å²) in [5.74, 6) is -0.329. The van der Waals surface area contributed by atoms with Crippen molar-refractivity contribution in [1.82, 2.24) is 0 Å². The Balaban J connectivity index is 2.71. The van der Waals surface area contributed by atoms with Crippen molar-refractivity contribution in [2.75, 3.05) is 5.32 Å². The summed E-state index contributed by atoms with van der Waals surface area (Å²) in [7, 11) is 0. The maximum absolute atomic E-state index is 11.3. The number of amides is 1. The monoisotopic (exact) mass is 318 g/mol. The number of hydrogen-bond acceptors (Lipinski definition) is 2. The Morgan fingerprint density at radius 3 is 2.82 bits per heavy atom. The highest BCUT2D eigenvalue weighted by Crippen LogP contribution is 2.26. The quantitative estimate of drug-likeness (QED) is 0.842. The molecule has 0 bridgehead atoms. The number of carbonyl (C=O) groups excluding carboxylic acids is 1. The molecule has 0 aromatic heterocycles. The molecular formula is C12H16BrClN2O. The second-order valence-electron chi connectivity index (χ2n) is 3.87. The van der Waals surface area contributed by atoms with E-state index in [4.69, 9.17) is 17.3 Å². The first-order chi connectivity index (χ1) is 8.04. The van der Waals surface area contributed by atoms with E-state index < -0.39 is 0 Å². The van der Waals surface area contributed by atoms with Gasteiger partial charge in [0.15, 0.2) is 0 Å². The van der Waals surface area contributed by atoms with Crippen molar-refractivity contribution in [1.29, 1.82) is 0 Å². The molecule has 1 atom stereocenters. The van der Waals surface area contributed by atoms with Crippen LogP contribution in [-0.4, -0.2) is 11.9 Å². The molecule has 0 saturated carbocycles. The Labute approximate surface area is 115 Å². The number of anilines is 1. The molecule has 0 saturated heterocycles. The summed E-state index contributed by atoms with van der Waals surface area (Å²) < 4.78 is 0.794. The van der Waals surface area contributed by atoms with E-state index in [1.165, 1.54) is 0 Å². The summed E-state index contributed by atoms with van der Waals surface area (Å²) in [6.07, 6.45) is 2.75. The average Bonchev–Trinajstić information content (AvgIpc) is 2.28. The number of nitrogens with one attached hydrogen (secondary N) is 1. The van der Waals surface area contributed by atoms with E-state index in [0.717, 1.165) is 29.4 Å². The summed E-state index contributed by atoms with van der Waals surface area (Å²) in [6, 6.07) is 5.11. The van der Waals surface area contributed by atoms with Crippen LogP contribution >= 0.6 is 27.5 Å². The van der Waals surface area contributed by atoms with Crippen LogP contribution in [0.15, 0.2) is 22.7 Å². The third-order valence-corrected chi connectivity index (χ3v) is 3.66. The van der Waals surface area contributed by atoms with E-state index in [-0.39, 0.29) is 11.9 Å². The third kappa shape index (κ3) is 4.56. The smallest absolute Gasteiger partial charge is 0.239 e. The predicted molar refractivity (Wildman–Crippen MR) is 75.3 cm³/mol. The first kappa shape index (κ1) is 14.3. The van der Waals surface area contributed by atoms with Gasteiger partial charge in [-0.1, -0.05) is 31.4 Å². The van der Waals surface area contributed by atoms with Crippen molar-refractivity contribution in [2.45, 2.75) is 32.2 Å². The fraction of sp³-hybridized carbons (Fsp3) is 0.417. The molecule has 0 radical (unpaired) electrons. The normalized spacial score (nSPS) is 12.2. The molecule has 0 fully saturated rings. The van der Waals surface area contributed by atoms with Gasteiger partial charge in [0.05, 0.1) is 5.02 Å². The zero-order valence-electron chi connectivity index (χ0n) is 9.67. The zero-order chi connectivity index (χ0) is 12.8. The van der Waals surface area contributed by atoms with E-state index in [2.05, 4.69) is 28.2 Å². The van der Waals surface area contributed by atoms with Crippen molar-refractivity contribution in [3.63, 3.8) is 0 Å².